The summed E-state index contributed by atoms with van der Waals surface area (Å²) in [7, 11) is 0. The monoisotopic (exact) mass is 281 g/mol. The van der Waals surface area contributed by atoms with Crippen molar-refractivity contribution in [2.45, 2.75) is 38.5 Å². The van der Waals surface area contributed by atoms with Gasteiger partial charge in [-0.15, -0.1) is 0 Å². The van der Waals surface area contributed by atoms with E-state index in [1.807, 2.05) is 24.5 Å². The highest BCUT2D eigenvalue weighted by atomic mass is 14.8. The van der Waals surface area contributed by atoms with E-state index in [0.717, 1.165) is 0 Å². The standard InChI is InChI=1S/C18H23N3/c1-17(2,13-7-5-11-19-13)15-9-10-16(21-15)18(3,4)14-8-6-12-20-14/h5-12,19-21H,1-4H3. The fraction of sp³-hybridized carbons (Fsp3) is 0.333. The summed E-state index contributed by atoms with van der Waals surface area (Å²) >= 11 is 0. The van der Waals surface area contributed by atoms with Gasteiger partial charge in [-0.05, 0) is 64.1 Å². The predicted octanol–water partition coefficient (Wildman–Crippen LogP) is 4.32. The van der Waals surface area contributed by atoms with Crippen molar-refractivity contribution in [1.82, 2.24) is 15.0 Å². The van der Waals surface area contributed by atoms with Crippen LogP contribution in [-0.4, -0.2) is 15.0 Å². The van der Waals surface area contributed by atoms with Gasteiger partial charge in [-0.3, -0.25) is 0 Å². The van der Waals surface area contributed by atoms with Crippen LogP contribution in [0.1, 0.15) is 50.5 Å². The first-order valence-electron chi connectivity index (χ1n) is 7.40. The highest BCUT2D eigenvalue weighted by Crippen LogP contribution is 2.34. The second-order valence-corrected chi connectivity index (χ2v) is 6.70. The van der Waals surface area contributed by atoms with Crippen LogP contribution in [0, 0.1) is 0 Å². The molecule has 3 aromatic heterocycles. The summed E-state index contributed by atoms with van der Waals surface area (Å²) in [5, 5.41) is 0. The highest BCUT2D eigenvalue weighted by Gasteiger charge is 2.30. The third kappa shape index (κ3) is 2.23. The van der Waals surface area contributed by atoms with Crippen LogP contribution in [0.3, 0.4) is 0 Å². The van der Waals surface area contributed by atoms with Crippen LogP contribution >= 0.6 is 0 Å². The van der Waals surface area contributed by atoms with Gasteiger partial charge < -0.3 is 15.0 Å². The van der Waals surface area contributed by atoms with Crippen LogP contribution in [0.4, 0.5) is 0 Å². The molecular weight excluding hydrogens is 258 g/mol. The van der Waals surface area contributed by atoms with Crippen LogP contribution in [0.15, 0.2) is 48.8 Å². The van der Waals surface area contributed by atoms with Crippen molar-refractivity contribution >= 4 is 0 Å². The Morgan fingerprint density at radius 1 is 0.619 bits per heavy atom. The van der Waals surface area contributed by atoms with Gasteiger partial charge in [0.2, 0.25) is 0 Å². The Hall–Kier alpha value is -2.16. The second kappa shape index (κ2) is 4.69. The fourth-order valence-corrected chi connectivity index (χ4v) is 2.85. The van der Waals surface area contributed by atoms with E-state index in [1.165, 1.54) is 22.8 Å². The van der Waals surface area contributed by atoms with Crippen molar-refractivity contribution < 1.29 is 0 Å². The van der Waals surface area contributed by atoms with E-state index in [2.05, 4.69) is 66.9 Å². The summed E-state index contributed by atoms with van der Waals surface area (Å²) in [6.07, 6.45) is 3.95. The van der Waals surface area contributed by atoms with E-state index in [-0.39, 0.29) is 10.8 Å². The Morgan fingerprint density at radius 2 is 1.05 bits per heavy atom. The van der Waals surface area contributed by atoms with Gasteiger partial charge >= 0.3 is 0 Å². The molecule has 3 rings (SSSR count). The molecular formula is C18H23N3. The molecule has 110 valence electrons. The first kappa shape index (κ1) is 13.8. The quantitative estimate of drug-likeness (QED) is 0.638. The first-order valence-corrected chi connectivity index (χ1v) is 7.40. The minimum Gasteiger partial charge on any atom is -0.364 e. The zero-order valence-electron chi connectivity index (χ0n) is 13.1. The van der Waals surface area contributed by atoms with Gasteiger partial charge in [0.25, 0.3) is 0 Å². The first-order chi connectivity index (χ1) is 9.92. The van der Waals surface area contributed by atoms with E-state index in [0.29, 0.717) is 0 Å². The molecule has 21 heavy (non-hydrogen) atoms. The summed E-state index contributed by atoms with van der Waals surface area (Å²) in [5.41, 5.74) is 4.75. The van der Waals surface area contributed by atoms with Gasteiger partial charge in [0, 0.05) is 46.0 Å². The number of hydrogen-bond acceptors (Lipinski definition) is 0. The lowest BCUT2D eigenvalue weighted by atomic mass is 9.85. The minimum atomic E-state index is -0.0619. The molecule has 0 fully saturated rings. The average Bonchev–Trinajstić information content (AvgIpc) is 3.19. The molecule has 0 saturated heterocycles. The molecule has 0 aliphatic rings. The highest BCUT2D eigenvalue weighted by molar-refractivity contribution is 5.36. The van der Waals surface area contributed by atoms with E-state index >= 15 is 0 Å². The van der Waals surface area contributed by atoms with Crippen molar-refractivity contribution in [3.63, 3.8) is 0 Å². The number of nitrogens with one attached hydrogen (secondary N) is 3. The van der Waals surface area contributed by atoms with Crippen LogP contribution in [-0.2, 0) is 10.8 Å². The maximum Gasteiger partial charge on any atom is 0.0447 e. The van der Waals surface area contributed by atoms with Gasteiger partial charge in [-0.25, -0.2) is 0 Å². The Kier molecular flexibility index (Phi) is 3.08. The summed E-state index contributed by atoms with van der Waals surface area (Å²) in [6, 6.07) is 12.8. The average molecular weight is 281 g/mol. The van der Waals surface area contributed by atoms with Gasteiger partial charge in [0.15, 0.2) is 0 Å². The SMILES string of the molecule is CC(C)(c1ccc[nH]1)c1ccc(C(C)(C)c2ccc[nH]2)[nH]1. The normalized spacial score (nSPS) is 12.8. The summed E-state index contributed by atoms with van der Waals surface area (Å²) in [5.74, 6) is 0. The third-order valence-corrected chi connectivity index (χ3v) is 4.58. The molecule has 0 aliphatic heterocycles. The Labute approximate surface area is 125 Å². The Morgan fingerprint density at radius 3 is 1.38 bits per heavy atom. The van der Waals surface area contributed by atoms with Crippen LogP contribution in [0.5, 0.6) is 0 Å². The number of aromatic nitrogens is 3. The van der Waals surface area contributed by atoms with E-state index in [1.54, 1.807) is 0 Å². The third-order valence-electron chi connectivity index (χ3n) is 4.58. The molecule has 3 nitrogen and oxygen atoms in total. The van der Waals surface area contributed by atoms with Crippen molar-refractivity contribution in [3.05, 3.63) is 71.6 Å². The van der Waals surface area contributed by atoms with Gasteiger partial charge in [0.05, 0.1) is 0 Å². The van der Waals surface area contributed by atoms with E-state index in [9.17, 15) is 0 Å². The zero-order valence-corrected chi connectivity index (χ0v) is 13.1. The molecule has 0 saturated carbocycles. The molecule has 0 aliphatic carbocycles. The topological polar surface area (TPSA) is 47.4 Å². The summed E-state index contributed by atoms with van der Waals surface area (Å²) in [6.45, 7) is 8.93. The number of rotatable bonds is 4. The largest absolute Gasteiger partial charge is 0.364 e. The van der Waals surface area contributed by atoms with Crippen molar-refractivity contribution in [2.75, 3.05) is 0 Å². The van der Waals surface area contributed by atoms with Gasteiger partial charge in [0.1, 0.15) is 0 Å². The van der Waals surface area contributed by atoms with Gasteiger partial charge in [-0.1, -0.05) is 0 Å². The van der Waals surface area contributed by atoms with Crippen LogP contribution in [0.25, 0.3) is 0 Å². The van der Waals surface area contributed by atoms with Crippen molar-refractivity contribution in [2.24, 2.45) is 0 Å². The molecule has 3 heteroatoms. The van der Waals surface area contributed by atoms with E-state index < -0.39 is 0 Å². The molecule has 0 spiro atoms. The molecule has 0 bridgehead atoms. The van der Waals surface area contributed by atoms with E-state index in [4.69, 9.17) is 0 Å². The van der Waals surface area contributed by atoms with Crippen molar-refractivity contribution in [3.8, 4) is 0 Å². The maximum absolute atomic E-state index is 3.63. The zero-order chi connectivity index (χ0) is 15.1. The number of H-pyrrole nitrogens is 3. The molecule has 3 aromatic rings. The molecule has 0 radical (unpaired) electrons. The lowest BCUT2D eigenvalue weighted by Crippen LogP contribution is -2.23. The minimum absolute atomic E-state index is 0.0619. The Balaban J connectivity index is 1.97. The molecule has 3 heterocycles. The van der Waals surface area contributed by atoms with Crippen LogP contribution in [0.2, 0.25) is 0 Å². The fourth-order valence-electron chi connectivity index (χ4n) is 2.85. The lowest BCUT2D eigenvalue weighted by molar-refractivity contribution is 0.573. The molecule has 0 atom stereocenters. The Bertz CT molecular complexity index is 637. The summed E-state index contributed by atoms with van der Waals surface area (Å²) < 4.78 is 0. The molecule has 3 N–H and O–H groups in total. The summed E-state index contributed by atoms with van der Waals surface area (Å²) in [4.78, 5) is 10.3. The smallest absolute Gasteiger partial charge is 0.0447 e. The van der Waals surface area contributed by atoms with Gasteiger partial charge in [-0.2, -0.15) is 0 Å². The second-order valence-electron chi connectivity index (χ2n) is 6.70. The number of hydrogen-bond donors (Lipinski definition) is 3. The predicted molar refractivity (Wildman–Crippen MR) is 86.6 cm³/mol. The van der Waals surface area contributed by atoms with Crippen molar-refractivity contribution in [1.29, 1.82) is 0 Å². The maximum atomic E-state index is 3.63. The molecule has 0 amide bonds. The lowest BCUT2D eigenvalue weighted by Gasteiger charge is -2.25. The molecule has 0 unspecified atom stereocenters. The van der Waals surface area contributed by atoms with Crippen LogP contribution < -0.4 is 0 Å². The molecule has 0 aromatic carbocycles. The number of aromatic amines is 3.